The SMILES string of the molecule is C#C[C@@](C)(c1ccc(Cl)cc1)c1cnc(NC(=O)c2c(F)cc(N3CCNCC3)cc2F)[nH]1. The van der Waals surface area contributed by atoms with Crippen molar-refractivity contribution in [3.63, 3.8) is 0 Å². The second kappa shape index (κ2) is 9.22. The topological polar surface area (TPSA) is 73.1 Å². The van der Waals surface area contributed by atoms with E-state index >= 15 is 0 Å². The predicted molar refractivity (Wildman–Crippen MR) is 125 cm³/mol. The smallest absolute Gasteiger partial charge is 0.263 e. The van der Waals surface area contributed by atoms with Gasteiger partial charge in [-0.25, -0.2) is 13.8 Å². The number of benzene rings is 2. The van der Waals surface area contributed by atoms with Crippen LogP contribution in [0.15, 0.2) is 42.6 Å². The maximum atomic E-state index is 14.7. The highest BCUT2D eigenvalue weighted by Gasteiger charge is 2.29. The van der Waals surface area contributed by atoms with Crippen molar-refractivity contribution in [1.29, 1.82) is 0 Å². The van der Waals surface area contributed by atoms with Crippen LogP contribution >= 0.6 is 11.6 Å². The van der Waals surface area contributed by atoms with Crippen LogP contribution in [0.1, 0.15) is 28.5 Å². The molecule has 33 heavy (non-hydrogen) atoms. The Morgan fingerprint density at radius 2 is 1.85 bits per heavy atom. The summed E-state index contributed by atoms with van der Waals surface area (Å²) in [7, 11) is 0. The first kappa shape index (κ1) is 22.8. The molecule has 3 aromatic rings. The molecule has 2 heterocycles. The molecule has 0 radical (unpaired) electrons. The van der Waals surface area contributed by atoms with Gasteiger partial charge in [-0.3, -0.25) is 10.1 Å². The van der Waals surface area contributed by atoms with E-state index in [4.69, 9.17) is 18.0 Å². The minimum Gasteiger partial charge on any atom is -0.369 e. The summed E-state index contributed by atoms with van der Waals surface area (Å²) < 4.78 is 29.4. The van der Waals surface area contributed by atoms with Crippen LogP contribution in [0.25, 0.3) is 0 Å². The van der Waals surface area contributed by atoms with Crippen molar-refractivity contribution in [2.45, 2.75) is 12.3 Å². The highest BCUT2D eigenvalue weighted by molar-refractivity contribution is 6.30. The van der Waals surface area contributed by atoms with Crippen LogP contribution in [-0.2, 0) is 5.41 Å². The van der Waals surface area contributed by atoms with Gasteiger partial charge in [0.25, 0.3) is 5.91 Å². The number of hydrogen-bond donors (Lipinski definition) is 3. The van der Waals surface area contributed by atoms with Gasteiger partial charge in [-0.1, -0.05) is 29.7 Å². The normalized spacial score (nSPS) is 15.5. The van der Waals surface area contributed by atoms with E-state index in [2.05, 4.69) is 26.5 Å². The molecule has 0 spiro atoms. The summed E-state index contributed by atoms with van der Waals surface area (Å²) in [6.07, 6.45) is 7.28. The lowest BCUT2D eigenvalue weighted by atomic mass is 9.81. The number of imidazole rings is 1. The summed E-state index contributed by atoms with van der Waals surface area (Å²) in [5.74, 6) is -0.0847. The van der Waals surface area contributed by atoms with Crippen LogP contribution in [0, 0.1) is 24.0 Å². The van der Waals surface area contributed by atoms with Crippen LogP contribution in [0.3, 0.4) is 0 Å². The van der Waals surface area contributed by atoms with Gasteiger partial charge in [0.2, 0.25) is 5.95 Å². The van der Waals surface area contributed by atoms with E-state index in [1.165, 1.54) is 18.3 Å². The molecule has 4 rings (SSSR count). The monoisotopic (exact) mass is 469 g/mol. The number of anilines is 2. The van der Waals surface area contributed by atoms with Crippen molar-refractivity contribution in [2.24, 2.45) is 0 Å². The Morgan fingerprint density at radius 1 is 1.21 bits per heavy atom. The fourth-order valence-electron chi connectivity index (χ4n) is 3.79. The molecule has 0 unspecified atom stereocenters. The number of aromatic amines is 1. The van der Waals surface area contributed by atoms with Crippen LogP contribution in [0.5, 0.6) is 0 Å². The summed E-state index contributed by atoms with van der Waals surface area (Å²) >= 11 is 5.96. The highest BCUT2D eigenvalue weighted by Crippen LogP contribution is 2.31. The number of rotatable bonds is 5. The van der Waals surface area contributed by atoms with Crippen molar-refractivity contribution >= 4 is 29.1 Å². The van der Waals surface area contributed by atoms with Crippen molar-refractivity contribution in [3.8, 4) is 12.3 Å². The third-order valence-corrected chi connectivity index (χ3v) is 6.04. The second-order valence-corrected chi connectivity index (χ2v) is 8.33. The number of amides is 1. The predicted octanol–water partition coefficient (Wildman–Crippen LogP) is 3.94. The zero-order valence-corrected chi connectivity index (χ0v) is 18.6. The van der Waals surface area contributed by atoms with Crippen LogP contribution < -0.4 is 15.5 Å². The molecule has 0 aliphatic carbocycles. The second-order valence-electron chi connectivity index (χ2n) is 7.90. The Bertz CT molecular complexity index is 1190. The van der Waals surface area contributed by atoms with E-state index in [0.29, 0.717) is 29.5 Å². The number of terminal acetylenes is 1. The van der Waals surface area contributed by atoms with Gasteiger partial charge in [-0.15, -0.1) is 6.42 Å². The van der Waals surface area contributed by atoms with Crippen molar-refractivity contribution in [3.05, 3.63) is 76.1 Å². The maximum Gasteiger partial charge on any atom is 0.263 e. The molecule has 1 saturated heterocycles. The minimum atomic E-state index is -0.952. The number of aromatic nitrogens is 2. The van der Waals surface area contributed by atoms with Crippen molar-refractivity contribution in [2.75, 3.05) is 36.4 Å². The molecule has 3 N–H and O–H groups in total. The van der Waals surface area contributed by atoms with E-state index in [0.717, 1.165) is 18.7 Å². The quantitative estimate of drug-likeness (QED) is 0.495. The Balaban J connectivity index is 1.55. The zero-order valence-electron chi connectivity index (χ0n) is 17.9. The van der Waals surface area contributed by atoms with Gasteiger partial charge in [0.15, 0.2) is 0 Å². The number of carbonyl (C=O) groups excluding carboxylic acids is 1. The fourth-order valence-corrected chi connectivity index (χ4v) is 3.92. The number of carbonyl (C=O) groups is 1. The lowest BCUT2D eigenvalue weighted by Gasteiger charge is -2.29. The number of nitrogens with one attached hydrogen (secondary N) is 3. The number of hydrogen-bond acceptors (Lipinski definition) is 4. The van der Waals surface area contributed by atoms with Crippen LogP contribution in [-0.4, -0.2) is 42.1 Å². The van der Waals surface area contributed by atoms with Gasteiger partial charge in [0, 0.05) is 36.9 Å². The van der Waals surface area contributed by atoms with Gasteiger partial charge in [0.1, 0.15) is 17.2 Å². The Hall–Kier alpha value is -3.41. The molecule has 9 heteroatoms. The van der Waals surface area contributed by atoms with E-state index in [9.17, 15) is 13.6 Å². The average molecular weight is 470 g/mol. The molecule has 2 aromatic carbocycles. The molecule has 1 atom stereocenters. The van der Waals surface area contributed by atoms with Gasteiger partial charge < -0.3 is 15.2 Å². The van der Waals surface area contributed by atoms with Crippen molar-refractivity contribution < 1.29 is 13.6 Å². The molecule has 170 valence electrons. The molecular weight excluding hydrogens is 448 g/mol. The molecule has 6 nitrogen and oxygen atoms in total. The average Bonchev–Trinajstić information content (AvgIpc) is 3.28. The summed E-state index contributed by atoms with van der Waals surface area (Å²) in [6, 6.07) is 9.39. The summed E-state index contributed by atoms with van der Waals surface area (Å²) in [5, 5.41) is 6.17. The van der Waals surface area contributed by atoms with E-state index < -0.39 is 28.5 Å². The highest BCUT2D eigenvalue weighted by atomic mass is 35.5. The zero-order chi connectivity index (χ0) is 23.6. The lowest BCUT2D eigenvalue weighted by molar-refractivity contribution is 0.101. The summed E-state index contributed by atoms with van der Waals surface area (Å²) in [5.41, 5.74) is 0.150. The van der Waals surface area contributed by atoms with Crippen LogP contribution in [0.4, 0.5) is 20.4 Å². The van der Waals surface area contributed by atoms with Gasteiger partial charge in [0.05, 0.1) is 17.3 Å². The molecule has 0 bridgehead atoms. The number of halogens is 3. The van der Waals surface area contributed by atoms with Crippen molar-refractivity contribution in [1.82, 2.24) is 15.3 Å². The molecule has 1 fully saturated rings. The Labute approximate surface area is 195 Å². The Morgan fingerprint density at radius 3 is 2.45 bits per heavy atom. The van der Waals surface area contributed by atoms with E-state index in [-0.39, 0.29) is 5.95 Å². The summed E-state index contributed by atoms with van der Waals surface area (Å²) in [4.78, 5) is 21.6. The van der Waals surface area contributed by atoms with Gasteiger partial charge >= 0.3 is 0 Å². The number of nitrogens with zero attached hydrogens (tertiary/aromatic N) is 2. The van der Waals surface area contributed by atoms with Gasteiger partial charge in [-0.2, -0.15) is 0 Å². The number of piperazine rings is 1. The first-order valence-electron chi connectivity index (χ1n) is 10.4. The first-order chi connectivity index (χ1) is 15.8. The molecular formula is C24H22ClF2N5O. The third-order valence-electron chi connectivity index (χ3n) is 5.79. The molecule has 0 saturated carbocycles. The lowest BCUT2D eigenvalue weighted by Crippen LogP contribution is -2.43. The minimum absolute atomic E-state index is 0.0235. The van der Waals surface area contributed by atoms with E-state index in [1.54, 1.807) is 24.3 Å². The third kappa shape index (κ3) is 4.56. The molecule has 1 amide bonds. The number of H-pyrrole nitrogens is 1. The first-order valence-corrected chi connectivity index (χ1v) is 10.7. The largest absolute Gasteiger partial charge is 0.369 e. The maximum absolute atomic E-state index is 14.7. The Kier molecular flexibility index (Phi) is 6.36. The fraction of sp³-hybridized carbons (Fsp3) is 0.250. The standard InChI is InChI=1S/C24H22ClF2N5O/c1-3-24(2,15-4-6-16(25)7-5-15)20-14-29-23(30-20)31-22(33)21-18(26)12-17(13-19(21)27)32-10-8-28-9-11-32/h1,4-7,12-14,28H,8-11H2,2H3,(H2,29,30,31,33)/t24-/m0/s1. The molecule has 1 aliphatic rings. The summed E-state index contributed by atoms with van der Waals surface area (Å²) in [6.45, 7) is 4.50. The molecule has 1 aromatic heterocycles. The molecule has 1 aliphatic heterocycles. The van der Waals surface area contributed by atoms with E-state index in [1.807, 2.05) is 11.8 Å². The van der Waals surface area contributed by atoms with Crippen LogP contribution in [0.2, 0.25) is 5.02 Å². The van der Waals surface area contributed by atoms with Gasteiger partial charge in [-0.05, 0) is 36.8 Å².